The van der Waals surface area contributed by atoms with E-state index in [1.807, 2.05) is 18.3 Å². The van der Waals surface area contributed by atoms with Gasteiger partial charge in [0.25, 0.3) is 0 Å². The largest absolute Gasteiger partial charge is 0.468 e. The van der Waals surface area contributed by atoms with Crippen LogP contribution < -0.4 is 5.32 Å². The molecule has 0 spiro atoms. The van der Waals surface area contributed by atoms with Crippen LogP contribution in [0.4, 0.5) is 0 Å². The summed E-state index contributed by atoms with van der Waals surface area (Å²) in [5.74, 6) is 1.87. The second-order valence-corrected chi connectivity index (χ2v) is 3.16. The van der Waals surface area contributed by atoms with Crippen LogP contribution in [-0.2, 0) is 6.54 Å². The molecule has 0 amide bonds. The van der Waals surface area contributed by atoms with Crippen molar-refractivity contribution in [1.29, 1.82) is 0 Å². The average Bonchev–Trinajstić information content (AvgIpc) is 2.87. The SMILES string of the molecule is CC(NCc1ccco1)c1ncc[nH]1. The van der Waals surface area contributed by atoms with Gasteiger partial charge in [-0.25, -0.2) is 4.98 Å². The molecule has 0 saturated carbocycles. The van der Waals surface area contributed by atoms with Crippen LogP contribution in [0.25, 0.3) is 0 Å². The van der Waals surface area contributed by atoms with Gasteiger partial charge in [-0.1, -0.05) is 0 Å². The molecule has 2 aromatic rings. The Morgan fingerprint density at radius 3 is 3.21 bits per heavy atom. The molecule has 1 atom stereocenters. The minimum absolute atomic E-state index is 0.204. The maximum Gasteiger partial charge on any atom is 0.122 e. The smallest absolute Gasteiger partial charge is 0.122 e. The molecule has 14 heavy (non-hydrogen) atoms. The standard InChI is InChI=1S/C10H13N3O/c1-8(10-11-4-5-12-10)13-7-9-3-2-6-14-9/h2-6,8,13H,7H2,1H3,(H,11,12). The zero-order chi connectivity index (χ0) is 9.80. The highest BCUT2D eigenvalue weighted by Gasteiger charge is 2.06. The number of H-pyrrole nitrogens is 1. The molecule has 4 nitrogen and oxygen atoms in total. The lowest BCUT2D eigenvalue weighted by Crippen LogP contribution is -2.18. The van der Waals surface area contributed by atoms with Crippen LogP contribution in [0.15, 0.2) is 35.2 Å². The van der Waals surface area contributed by atoms with Crippen molar-refractivity contribution in [3.8, 4) is 0 Å². The third kappa shape index (κ3) is 2.03. The summed E-state index contributed by atoms with van der Waals surface area (Å²) in [5, 5.41) is 3.30. The quantitative estimate of drug-likeness (QED) is 0.775. The molecule has 0 radical (unpaired) electrons. The Balaban J connectivity index is 1.87. The zero-order valence-corrected chi connectivity index (χ0v) is 8.03. The Kier molecular flexibility index (Phi) is 2.65. The number of nitrogens with one attached hydrogen (secondary N) is 2. The highest BCUT2D eigenvalue weighted by Crippen LogP contribution is 2.07. The van der Waals surface area contributed by atoms with E-state index in [9.17, 15) is 0 Å². The monoisotopic (exact) mass is 191 g/mol. The van der Waals surface area contributed by atoms with Gasteiger partial charge in [-0.15, -0.1) is 0 Å². The predicted molar refractivity (Wildman–Crippen MR) is 52.6 cm³/mol. The number of hydrogen-bond acceptors (Lipinski definition) is 3. The summed E-state index contributed by atoms with van der Waals surface area (Å²) in [4.78, 5) is 7.23. The van der Waals surface area contributed by atoms with Crippen LogP contribution in [-0.4, -0.2) is 9.97 Å². The fraction of sp³-hybridized carbons (Fsp3) is 0.300. The lowest BCUT2D eigenvalue weighted by molar-refractivity contribution is 0.454. The summed E-state index contributed by atoms with van der Waals surface area (Å²) in [7, 11) is 0. The van der Waals surface area contributed by atoms with Crippen molar-refractivity contribution in [1.82, 2.24) is 15.3 Å². The Bertz CT molecular complexity index is 353. The zero-order valence-electron chi connectivity index (χ0n) is 8.03. The molecular formula is C10H13N3O. The van der Waals surface area contributed by atoms with Crippen LogP contribution in [0.1, 0.15) is 24.6 Å². The van der Waals surface area contributed by atoms with Gasteiger partial charge in [-0.2, -0.15) is 0 Å². The second kappa shape index (κ2) is 4.11. The normalized spacial score (nSPS) is 12.9. The third-order valence-electron chi connectivity index (χ3n) is 2.09. The highest BCUT2D eigenvalue weighted by atomic mass is 16.3. The summed E-state index contributed by atoms with van der Waals surface area (Å²) in [5.41, 5.74) is 0. The fourth-order valence-electron chi connectivity index (χ4n) is 1.28. The first-order valence-corrected chi connectivity index (χ1v) is 4.61. The van der Waals surface area contributed by atoms with Gasteiger partial charge in [-0.05, 0) is 19.1 Å². The predicted octanol–water partition coefficient (Wildman–Crippen LogP) is 1.85. The molecule has 4 heteroatoms. The molecule has 0 saturated heterocycles. The summed E-state index contributed by atoms with van der Waals surface area (Å²) in [6.45, 7) is 2.77. The van der Waals surface area contributed by atoms with Crippen molar-refractivity contribution in [2.75, 3.05) is 0 Å². The van der Waals surface area contributed by atoms with E-state index in [1.54, 1.807) is 12.5 Å². The molecule has 2 aromatic heterocycles. The molecule has 2 heterocycles. The van der Waals surface area contributed by atoms with Gasteiger partial charge in [0.05, 0.1) is 18.8 Å². The van der Waals surface area contributed by atoms with Gasteiger partial charge in [-0.3, -0.25) is 0 Å². The summed E-state index contributed by atoms with van der Waals surface area (Å²) >= 11 is 0. The van der Waals surface area contributed by atoms with Crippen LogP contribution >= 0.6 is 0 Å². The molecule has 0 aliphatic heterocycles. The van der Waals surface area contributed by atoms with E-state index in [1.165, 1.54) is 0 Å². The van der Waals surface area contributed by atoms with Gasteiger partial charge >= 0.3 is 0 Å². The van der Waals surface area contributed by atoms with Crippen LogP contribution in [0.3, 0.4) is 0 Å². The molecule has 0 fully saturated rings. The molecule has 74 valence electrons. The Morgan fingerprint density at radius 2 is 2.57 bits per heavy atom. The number of aromatic nitrogens is 2. The molecule has 0 aliphatic rings. The summed E-state index contributed by atoms with van der Waals surface area (Å²) < 4.78 is 5.21. The second-order valence-electron chi connectivity index (χ2n) is 3.16. The van der Waals surface area contributed by atoms with E-state index >= 15 is 0 Å². The maximum absolute atomic E-state index is 5.21. The first-order valence-electron chi connectivity index (χ1n) is 4.61. The van der Waals surface area contributed by atoms with Gasteiger partial charge < -0.3 is 14.7 Å². The highest BCUT2D eigenvalue weighted by molar-refractivity contribution is 4.99. The van der Waals surface area contributed by atoms with Crippen molar-refractivity contribution >= 4 is 0 Å². The number of imidazole rings is 1. The first-order chi connectivity index (χ1) is 6.86. The molecule has 0 bridgehead atoms. The lowest BCUT2D eigenvalue weighted by atomic mass is 10.3. The number of rotatable bonds is 4. The topological polar surface area (TPSA) is 53.9 Å². The van der Waals surface area contributed by atoms with Crippen LogP contribution in [0.5, 0.6) is 0 Å². The van der Waals surface area contributed by atoms with E-state index < -0.39 is 0 Å². The number of nitrogens with zero attached hydrogens (tertiary/aromatic N) is 1. The van der Waals surface area contributed by atoms with Crippen LogP contribution in [0, 0.1) is 0 Å². The molecule has 0 aliphatic carbocycles. The summed E-state index contributed by atoms with van der Waals surface area (Å²) in [6.07, 6.45) is 5.25. The van der Waals surface area contributed by atoms with Crippen molar-refractivity contribution in [2.45, 2.75) is 19.5 Å². The Morgan fingerprint density at radius 1 is 1.64 bits per heavy atom. The molecular weight excluding hydrogens is 178 g/mol. The molecule has 2 N–H and O–H groups in total. The summed E-state index contributed by atoms with van der Waals surface area (Å²) in [6, 6.07) is 4.03. The fourth-order valence-corrected chi connectivity index (χ4v) is 1.28. The minimum Gasteiger partial charge on any atom is -0.468 e. The third-order valence-corrected chi connectivity index (χ3v) is 2.09. The molecule has 1 unspecified atom stereocenters. The van der Waals surface area contributed by atoms with Crippen molar-refractivity contribution in [3.63, 3.8) is 0 Å². The number of aromatic amines is 1. The van der Waals surface area contributed by atoms with E-state index in [0.29, 0.717) is 0 Å². The number of furan rings is 1. The lowest BCUT2D eigenvalue weighted by Gasteiger charge is -2.09. The van der Waals surface area contributed by atoms with Crippen LogP contribution in [0.2, 0.25) is 0 Å². The Labute approximate surface area is 82.4 Å². The minimum atomic E-state index is 0.204. The van der Waals surface area contributed by atoms with Crippen molar-refractivity contribution in [2.24, 2.45) is 0 Å². The van der Waals surface area contributed by atoms with E-state index in [-0.39, 0.29) is 6.04 Å². The number of hydrogen-bond donors (Lipinski definition) is 2. The Hall–Kier alpha value is -1.55. The van der Waals surface area contributed by atoms with Gasteiger partial charge in [0.2, 0.25) is 0 Å². The van der Waals surface area contributed by atoms with E-state index in [2.05, 4.69) is 22.2 Å². The van der Waals surface area contributed by atoms with Crippen molar-refractivity contribution in [3.05, 3.63) is 42.4 Å². The maximum atomic E-state index is 5.21. The van der Waals surface area contributed by atoms with Gasteiger partial charge in [0, 0.05) is 12.4 Å². The molecule has 2 rings (SSSR count). The average molecular weight is 191 g/mol. The van der Waals surface area contributed by atoms with Crippen molar-refractivity contribution < 1.29 is 4.42 Å². The molecule has 0 aromatic carbocycles. The van der Waals surface area contributed by atoms with E-state index in [0.717, 1.165) is 18.1 Å². The van der Waals surface area contributed by atoms with E-state index in [4.69, 9.17) is 4.42 Å². The first kappa shape index (κ1) is 9.02. The van der Waals surface area contributed by atoms with Gasteiger partial charge in [0.15, 0.2) is 0 Å². The van der Waals surface area contributed by atoms with Gasteiger partial charge in [0.1, 0.15) is 11.6 Å².